The summed E-state index contributed by atoms with van der Waals surface area (Å²) in [4.78, 5) is 37.5. The molecule has 32 heavy (non-hydrogen) atoms. The number of esters is 1. The van der Waals surface area contributed by atoms with Crippen molar-refractivity contribution in [1.29, 1.82) is 0 Å². The van der Waals surface area contributed by atoms with E-state index < -0.39 is 0 Å². The van der Waals surface area contributed by atoms with Gasteiger partial charge in [0.15, 0.2) is 0 Å². The summed E-state index contributed by atoms with van der Waals surface area (Å²) in [6.45, 7) is 2.05. The Morgan fingerprint density at radius 1 is 0.969 bits per heavy atom. The summed E-state index contributed by atoms with van der Waals surface area (Å²) in [5, 5.41) is 7.91. The summed E-state index contributed by atoms with van der Waals surface area (Å²) in [6, 6.07) is 13.2. The van der Waals surface area contributed by atoms with E-state index in [-0.39, 0.29) is 31.3 Å². The number of nitrogens with zero attached hydrogens (tertiary/aromatic N) is 3. The monoisotopic (exact) mass is 464 g/mol. The maximum absolute atomic E-state index is 12.2. The molecule has 162 valence electrons. The van der Waals surface area contributed by atoms with E-state index in [1.54, 1.807) is 11.6 Å². The number of ether oxygens (including phenoxy) is 1. The fourth-order valence-electron chi connectivity index (χ4n) is 2.82. The van der Waals surface area contributed by atoms with Crippen LogP contribution in [0.25, 0.3) is 10.7 Å². The van der Waals surface area contributed by atoms with Gasteiger partial charge in [-0.05, 0) is 31.2 Å². The van der Waals surface area contributed by atoms with Crippen LogP contribution < -0.4 is 5.32 Å². The molecule has 1 aromatic carbocycles. The first kappa shape index (κ1) is 21.8. The maximum atomic E-state index is 12.2. The summed E-state index contributed by atoms with van der Waals surface area (Å²) >= 11 is 2.81. The molecule has 0 fully saturated rings. The minimum Gasteiger partial charge on any atom is -0.459 e. The molecule has 3 aromatic heterocycles. The Kier molecular flexibility index (Phi) is 6.98. The SMILES string of the molecule is Cc1ccc(NC(=O)Cc2nc(COC(=O)Cc3csc(-c4ccccn4)n3)cs2)cc1. The number of aryl methyl sites for hydroxylation is 1. The number of thiazole rings is 2. The smallest absolute Gasteiger partial charge is 0.312 e. The molecule has 9 heteroatoms. The average Bonchev–Trinajstić information content (AvgIpc) is 3.44. The second kappa shape index (κ2) is 10.3. The van der Waals surface area contributed by atoms with E-state index in [4.69, 9.17) is 4.74 Å². The van der Waals surface area contributed by atoms with E-state index in [0.29, 0.717) is 16.4 Å². The molecule has 1 N–H and O–H groups in total. The number of anilines is 1. The zero-order valence-electron chi connectivity index (χ0n) is 17.3. The lowest BCUT2D eigenvalue weighted by atomic mass is 10.2. The molecule has 0 saturated carbocycles. The number of benzene rings is 1. The highest BCUT2D eigenvalue weighted by atomic mass is 32.1. The third-order valence-electron chi connectivity index (χ3n) is 4.39. The van der Waals surface area contributed by atoms with E-state index in [2.05, 4.69) is 20.3 Å². The predicted molar refractivity (Wildman–Crippen MR) is 124 cm³/mol. The van der Waals surface area contributed by atoms with E-state index in [0.717, 1.165) is 22.0 Å². The second-order valence-electron chi connectivity index (χ2n) is 7.02. The number of carbonyl (C=O) groups excluding carboxylic acids is 2. The Labute approximate surface area is 193 Å². The highest BCUT2D eigenvalue weighted by Crippen LogP contribution is 2.22. The van der Waals surface area contributed by atoms with Crippen molar-refractivity contribution in [2.24, 2.45) is 0 Å². The number of nitrogens with one attached hydrogen (secondary N) is 1. The summed E-state index contributed by atoms with van der Waals surface area (Å²) in [5.74, 6) is -0.520. The molecular formula is C23H20N4O3S2. The molecule has 3 heterocycles. The van der Waals surface area contributed by atoms with Crippen LogP contribution in [0.5, 0.6) is 0 Å². The molecule has 0 saturated heterocycles. The number of hydrogen-bond acceptors (Lipinski definition) is 8. The molecule has 0 unspecified atom stereocenters. The molecule has 7 nitrogen and oxygen atoms in total. The number of carbonyl (C=O) groups is 2. The first-order valence-electron chi connectivity index (χ1n) is 9.86. The molecule has 4 aromatic rings. The lowest BCUT2D eigenvalue weighted by molar-refractivity contribution is -0.144. The van der Waals surface area contributed by atoms with Crippen molar-refractivity contribution >= 4 is 40.2 Å². The van der Waals surface area contributed by atoms with Gasteiger partial charge in [0.1, 0.15) is 16.6 Å². The van der Waals surface area contributed by atoms with E-state index >= 15 is 0 Å². The third-order valence-corrected chi connectivity index (χ3v) is 6.20. The van der Waals surface area contributed by atoms with Crippen LogP contribution in [-0.2, 0) is 33.8 Å². The second-order valence-corrected chi connectivity index (χ2v) is 8.82. The normalized spacial score (nSPS) is 10.7. The van der Waals surface area contributed by atoms with Crippen LogP contribution >= 0.6 is 22.7 Å². The van der Waals surface area contributed by atoms with Crippen molar-refractivity contribution in [2.45, 2.75) is 26.4 Å². The average molecular weight is 465 g/mol. The van der Waals surface area contributed by atoms with Gasteiger partial charge in [-0.15, -0.1) is 22.7 Å². The van der Waals surface area contributed by atoms with E-state index in [9.17, 15) is 9.59 Å². The molecule has 4 rings (SSSR count). The van der Waals surface area contributed by atoms with Crippen molar-refractivity contribution in [1.82, 2.24) is 15.0 Å². The van der Waals surface area contributed by atoms with Crippen LogP contribution in [0.2, 0.25) is 0 Å². The van der Waals surface area contributed by atoms with Gasteiger partial charge < -0.3 is 10.1 Å². The largest absolute Gasteiger partial charge is 0.459 e. The lowest BCUT2D eigenvalue weighted by Gasteiger charge is -2.04. The van der Waals surface area contributed by atoms with Gasteiger partial charge >= 0.3 is 5.97 Å². The van der Waals surface area contributed by atoms with E-state index in [1.165, 1.54) is 22.7 Å². The van der Waals surface area contributed by atoms with Crippen molar-refractivity contribution < 1.29 is 14.3 Å². The molecule has 0 aliphatic carbocycles. The highest BCUT2D eigenvalue weighted by molar-refractivity contribution is 7.13. The van der Waals surface area contributed by atoms with Gasteiger partial charge in [0.2, 0.25) is 5.91 Å². The minimum atomic E-state index is -0.380. The Balaban J connectivity index is 1.24. The van der Waals surface area contributed by atoms with Crippen LogP contribution in [0.4, 0.5) is 5.69 Å². The molecule has 1 amide bonds. The van der Waals surface area contributed by atoms with Crippen molar-refractivity contribution in [3.05, 3.63) is 81.4 Å². The van der Waals surface area contributed by atoms with Gasteiger partial charge in [0.05, 0.1) is 29.9 Å². The number of hydrogen-bond donors (Lipinski definition) is 1. The molecule has 0 atom stereocenters. The third kappa shape index (κ3) is 6.05. The van der Waals surface area contributed by atoms with Crippen molar-refractivity contribution in [3.63, 3.8) is 0 Å². The van der Waals surface area contributed by atoms with Crippen LogP contribution in [-0.4, -0.2) is 26.8 Å². The van der Waals surface area contributed by atoms with Gasteiger partial charge in [-0.1, -0.05) is 23.8 Å². The molecule has 0 aliphatic heterocycles. The van der Waals surface area contributed by atoms with Gasteiger partial charge in [-0.2, -0.15) is 0 Å². The van der Waals surface area contributed by atoms with Crippen LogP contribution in [0.1, 0.15) is 22.0 Å². The lowest BCUT2D eigenvalue weighted by Crippen LogP contribution is -2.14. The molecule has 0 spiro atoms. The first-order valence-corrected chi connectivity index (χ1v) is 11.6. The van der Waals surface area contributed by atoms with Crippen LogP contribution in [0, 0.1) is 6.92 Å². The fourth-order valence-corrected chi connectivity index (χ4v) is 4.40. The van der Waals surface area contributed by atoms with Crippen molar-refractivity contribution in [3.8, 4) is 10.7 Å². The Hall–Kier alpha value is -3.43. The van der Waals surface area contributed by atoms with Gasteiger partial charge in [0, 0.05) is 22.6 Å². The quantitative estimate of drug-likeness (QED) is 0.388. The zero-order valence-corrected chi connectivity index (χ0v) is 18.9. The number of rotatable bonds is 8. The summed E-state index contributed by atoms with van der Waals surface area (Å²) in [7, 11) is 0. The molecular weight excluding hydrogens is 444 g/mol. The van der Waals surface area contributed by atoms with Crippen LogP contribution in [0.3, 0.4) is 0 Å². The summed E-state index contributed by atoms with van der Waals surface area (Å²) < 4.78 is 5.33. The fraction of sp³-hybridized carbons (Fsp3) is 0.174. The van der Waals surface area contributed by atoms with Crippen molar-refractivity contribution in [2.75, 3.05) is 5.32 Å². The number of pyridine rings is 1. The van der Waals surface area contributed by atoms with E-state index in [1.807, 2.05) is 54.8 Å². The predicted octanol–water partition coefficient (Wildman–Crippen LogP) is 4.44. The first-order chi connectivity index (χ1) is 15.5. The van der Waals surface area contributed by atoms with Gasteiger partial charge in [-0.3, -0.25) is 14.6 Å². The van der Waals surface area contributed by atoms with Gasteiger partial charge in [-0.25, -0.2) is 9.97 Å². The maximum Gasteiger partial charge on any atom is 0.312 e. The Morgan fingerprint density at radius 2 is 1.78 bits per heavy atom. The topological polar surface area (TPSA) is 94.1 Å². The van der Waals surface area contributed by atoms with Crippen LogP contribution in [0.15, 0.2) is 59.4 Å². The molecule has 0 aliphatic rings. The molecule has 0 radical (unpaired) electrons. The Bertz CT molecular complexity index is 1200. The van der Waals surface area contributed by atoms with Gasteiger partial charge in [0.25, 0.3) is 0 Å². The standard InChI is InChI=1S/C23H20N4O3S2/c1-15-5-7-16(8-6-15)25-20(28)11-21-26-18(14-31-21)12-30-22(29)10-17-13-32-23(27-17)19-4-2-3-9-24-19/h2-9,13-14H,10-12H2,1H3,(H,25,28). The zero-order chi connectivity index (χ0) is 22.3. The number of aromatic nitrogens is 3. The summed E-state index contributed by atoms with van der Waals surface area (Å²) in [6.07, 6.45) is 1.96. The molecule has 0 bridgehead atoms. The minimum absolute atomic E-state index is 0.0617. The number of amides is 1. The highest BCUT2D eigenvalue weighted by Gasteiger charge is 2.13. The summed E-state index contributed by atoms with van der Waals surface area (Å²) in [5.41, 5.74) is 3.92. The Morgan fingerprint density at radius 3 is 2.56 bits per heavy atom.